The van der Waals surface area contributed by atoms with E-state index in [1.807, 2.05) is 0 Å². The summed E-state index contributed by atoms with van der Waals surface area (Å²) in [5.41, 5.74) is 6.91. The highest BCUT2D eigenvalue weighted by atomic mass is 79.9. The first-order valence-corrected chi connectivity index (χ1v) is 9.38. The lowest BCUT2D eigenvalue weighted by Crippen LogP contribution is -2.31. The number of nitrogens with one attached hydrogen (secondary N) is 1. The van der Waals surface area contributed by atoms with Gasteiger partial charge in [-0.2, -0.15) is 0 Å². The molecule has 0 aromatic heterocycles. The number of benzene rings is 1. The third kappa shape index (κ3) is 3.97. The van der Waals surface area contributed by atoms with Gasteiger partial charge >= 0.3 is 0 Å². The third-order valence-electron chi connectivity index (χ3n) is 4.03. The largest absolute Gasteiger partial charge is 0.398 e. The minimum Gasteiger partial charge on any atom is -0.398 e. The number of anilines is 1. The monoisotopic (exact) mass is 375 g/mol. The number of hydrogen-bond acceptors (Lipinski definition) is 4. The van der Waals surface area contributed by atoms with Crippen LogP contribution in [0.15, 0.2) is 21.5 Å². The van der Waals surface area contributed by atoms with Gasteiger partial charge in [-0.1, -0.05) is 22.9 Å². The number of sulfonamides is 1. The Bertz CT molecular complexity index is 619. The van der Waals surface area contributed by atoms with Crippen LogP contribution in [0.1, 0.15) is 18.9 Å². The summed E-state index contributed by atoms with van der Waals surface area (Å²) in [6, 6.07) is 3.31. The fourth-order valence-electron chi connectivity index (χ4n) is 2.63. The second-order valence-corrected chi connectivity index (χ2v) is 8.17. The molecule has 21 heavy (non-hydrogen) atoms. The van der Waals surface area contributed by atoms with Crippen LogP contribution in [0.25, 0.3) is 0 Å². The number of rotatable bonds is 5. The lowest BCUT2D eigenvalue weighted by atomic mass is 10.1. The minimum absolute atomic E-state index is 0.250. The molecule has 0 radical (unpaired) electrons. The molecular weight excluding hydrogens is 354 g/mol. The topological polar surface area (TPSA) is 75.4 Å². The average Bonchev–Trinajstić information content (AvgIpc) is 2.88. The lowest BCUT2D eigenvalue weighted by Gasteiger charge is -2.15. The van der Waals surface area contributed by atoms with Crippen molar-refractivity contribution in [3.8, 4) is 0 Å². The van der Waals surface area contributed by atoms with Crippen LogP contribution in [0.2, 0.25) is 0 Å². The van der Waals surface area contributed by atoms with E-state index >= 15 is 0 Å². The molecule has 118 valence electrons. The molecule has 7 heteroatoms. The zero-order valence-electron chi connectivity index (χ0n) is 12.4. The Hall–Kier alpha value is -0.630. The fraction of sp³-hybridized carbons (Fsp3) is 0.571. The summed E-state index contributed by atoms with van der Waals surface area (Å²) in [6.07, 6.45) is 1.04. The summed E-state index contributed by atoms with van der Waals surface area (Å²) < 4.78 is 28.3. The van der Waals surface area contributed by atoms with Gasteiger partial charge in [-0.05, 0) is 50.0 Å². The second-order valence-electron chi connectivity index (χ2n) is 5.52. The Labute approximate surface area is 135 Å². The molecule has 0 spiro atoms. The Balaban J connectivity index is 2.09. The highest BCUT2D eigenvalue weighted by Gasteiger charge is 2.24. The van der Waals surface area contributed by atoms with Gasteiger partial charge in [0.25, 0.3) is 0 Å². The van der Waals surface area contributed by atoms with Gasteiger partial charge in [0.05, 0.1) is 4.90 Å². The van der Waals surface area contributed by atoms with E-state index in [0.717, 1.165) is 26.1 Å². The fourth-order valence-corrected chi connectivity index (χ4v) is 4.67. The maximum Gasteiger partial charge on any atom is 0.240 e. The summed E-state index contributed by atoms with van der Waals surface area (Å²) in [7, 11) is -3.53. The van der Waals surface area contributed by atoms with Gasteiger partial charge in [0.2, 0.25) is 10.0 Å². The van der Waals surface area contributed by atoms with Crippen molar-refractivity contribution < 1.29 is 8.42 Å². The second kappa shape index (κ2) is 6.64. The molecule has 1 aromatic carbocycles. The standard InChI is InChI=1S/C14H22BrN3O2S/c1-3-18-5-4-11(9-18)8-17-21(19,20)14-7-12(15)6-13(16)10(14)2/h6-7,11,17H,3-5,8-9,16H2,1-2H3. The molecular formula is C14H22BrN3O2S. The molecule has 1 atom stereocenters. The zero-order chi connectivity index (χ0) is 15.6. The molecule has 0 bridgehead atoms. The van der Waals surface area contributed by atoms with E-state index in [4.69, 9.17) is 5.73 Å². The van der Waals surface area contributed by atoms with Crippen molar-refractivity contribution in [2.75, 3.05) is 31.9 Å². The highest BCUT2D eigenvalue weighted by molar-refractivity contribution is 9.10. The molecule has 3 N–H and O–H groups in total. The number of nitrogens with two attached hydrogens (primary N) is 1. The molecule has 1 heterocycles. The van der Waals surface area contributed by atoms with Crippen LogP contribution < -0.4 is 10.5 Å². The summed E-state index contributed by atoms with van der Waals surface area (Å²) in [5.74, 6) is 0.379. The molecule has 5 nitrogen and oxygen atoms in total. The Kier molecular flexibility index (Phi) is 5.29. The van der Waals surface area contributed by atoms with Crippen molar-refractivity contribution in [3.05, 3.63) is 22.2 Å². The Morgan fingerprint density at radius 3 is 2.81 bits per heavy atom. The van der Waals surface area contributed by atoms with E-state index < -0.39 is 10.0 Å². The average molecular weight is 376 g/mol. The first-order chi connectivity index (χ1) is 9.83. The van der Waals surface area contributed by atoms with Crippen LogP contribution in [-0.4, -0.2) is 39.5 Å². The number of nitrogens with zero attached hydrogens (tertiary/aromatic N) is 1. The summed E-state index contributed by atoms with van der Waals surface area (Å²) in [5, 5.41) is 0. The van der Waals surface area contributed by atoms with Crippen molar-refractivity contribution >= 4 is 31.6 Å². The van der Waals surface area contributed by atoms with Gasteiger partial charge in [0.15, 0.2) is 0 Å². The van der Waals surface area contributed by atoms with E-state index in [1.165, 1.54) is 0 Å². The maximum absolute atomic E-state index is 12.5. The van der Waals surface area contributed by atoms with Crippen LogP contribution in [0.4, 0.5) is 5.69 Å². The van der Waals surface area contributed by atoms with Crippen LogP contribution >= 0.6 is 15.9 Å². The SMILES string of the molecule is CCN1CCC(CNS(=O)(=O)c2cc(Br)cc(N)c2C)C1. The van der Waals surface area contributed by atoms with Crippen LogP contribution in [0.5, 0.6) is 0 Å². The quantitative estimate of drug-likeness (QED) is 0.771. The van der Waals surface area contributed by atoms with Crippen molar-refractivity contribution in [2.45, 2.75) is 25.2 Å². The predicted octanol–water partition coefficient (Wildman–Crippen LogP) is 1.96. The van der Waals surface area contributed by atoms with Gasteiger partial charge in [-0.15, -0.1) is 0 Å². The summed E-state index contributed by atoms with van der Waals surface area (Å²) in [4.78, 5) is 2.58. The Morgan fingerprint density at radius 1 is 1.48 bits per heavy atom. The molecule has 1 saturated heterocycles. The van der Waals surface area contributed by atoms with Crippen molar-refractivity contribution in [1.82, 2.24) is 9.62 Å². The maximum atomic E-state index is 12.5. The molecule has 0 amide bonds. The van der Waals surface area contributed by atoms with Gasteiger partial charge < -0.3 is 10.6 Å². The van der Waals surface area contributed by atoms with Crippen molar-refractivity contribution in [1.29, 1.82) is 0 Å². The number of hydrogen-bond donors (Lipinski definition) is 2. The molecule has 1 aromatic rings. The third-order valence-corrected chi connectivity index (χ3v) is 6.04. The van der Waals surface area contributed by atoms with Gasteiger partial charge in [-0.25, -0.2) is 13.1 Å². The minimum atomic E-state index is -3.53. The molecule has 1 unspecified atom stereocenters. The van der Waals surface area contributed by atoms with Crippen LogP contribution in [0.3, 0.4) is 0 Å². The first-order valence-electron chi connectivity index (χ1n) is 7.11. The summed E-state index contributed by atoms with van der Waals surface area (Å²) in [6.45, 7) is 7.35. The molecule has 0 saturated carbocycles. The number of halogens is 1. The highest BCUT2D eigenvalue weighted by Crippen LogP contribution is 2.26. The van der Waals surface area contributed by atoms with E-state index in [2.05, 4.69) is 32.5 Å². The van der Waals surface area contributed by atoms with Crippen molar-refractivity contribution in [2.24, 2.45) is 5.92 Å². The molecule has 0 aliphatic carbocycles. The molecule has 2 rings (SSSR count). The smallest absolute Gasteiger partial charge is 0.240 e. The van der Waals surface area contributed by atoms with Crippen LogP contribution in [-0.2, 0) is 10.0 Å². The molecule has 1 aliphatic rings. The predicted molar refractivity (Wildman–Crippen MR) is 88.7 cm³/mol. The Morgan fingerprint density at radius 2 is 2.19 bits per heavy atom. The van der Waals surface area contributed by atoms with Gasteiger partial charge in [0.1, 0.15) is 0 Å². The van der Waals surface area contributed by atoms with E-state index in [9.17, 15) is 8.42 Å². The number of nitrogen functional groups attached to an aromatic ring is 1. The van der Waals surface area contributed by atoms with Gasteiger partial charge in [-0.3, -0.25) is 0 Å². The number of likely N-dealkylation sites (tertiary alicyclic amines) is 1. The van der Waals surface area contributed by atoms with Crippen LogP contribution in [0, 0.1) is 12.8 Å². The lowest BCUT2D eigenvalue weighted by molar-refractivity contribution is 0.342. The summed E-state index contributed by atoms with van der Waals surface area (Å²) >= 11 is 3.30. The van der Waals surface area contributed by atoms with E-state index in [0.29, 0.717) is 28.2 Å². The van der Waals surface area contributed by atoms with E-state index in [1.54, 1.807) is 19.1 Å². The molecule has 1 aliphatic heterocycles. The van der Waals surface area contributed by atoms with Gasteiger partial charge in [0, 0.05) is 23.2 Å². The zero-order valence-corrected chi connectivity index (χ0v) is 14.8. The molecule has 1 fully saturated rings. The first kappa shape index (κ1) is 16.7. The normalized spacial score (nSPS) is 20.0. The van der Waals surface area contributed by atoms with Crippen molar-refractivity contribution in [3.63, 3.8) is 0 Å². The van der Waals surface area contributed by atoms with E-state index in [-0.39, 0.29) is 4.90 Å².